The van der Waals surface area contributed by atoms with E-state index in [2.05, 4.69) is 21.6 Å². The van der Waals surface area contributed by atoms with Gasteiger partial charge in [0.2, 0.25) is 11.6 Å². The van der Waals surface area contributed by atoms with Crippen molar-refractivity contribution >= 4 is 22.8 Å². The number of hydrogen-bond acceptors (Lipinski definition) is 7. The smallest absolute Gasteiger partial charge is 0.382 e. The number of H-pyrrole nitrogens is 1. The molecule has 0 bridgehead atoms. The molecule has 0 saturated heterocycles. The van der Waals surface area contributed by atoms with Crippen molar-refractivity contribution in [1.82, 2.24) is 29.7 Å². The van der Waals surface area contributed by atoms with E-state index in [9.17, 15) is 9.90 Å². The molecule has 10 heteroatoms. The molecule has 6 rings (SSSR count). The first-order valence-electron chi connectivity index (χ1n) is 14.1. The Morgan fingerprint density at radius 2 is 1.87 bits per heavy atom. The van der Waals surface area contributed by atoms with Crippen LogP contribution in [0.5, 0.6) is 0 Å². The predicted octanol–water partition coefficient (Wildman–Crippen LogP) is 6.10. The van der Waals surface area contributed by atoms with E-state index in [1.165, 1.54) is 19.3 Å². The summed E-state index contributed by atoms with van der Waals surface area (Å²) in [5.74, 6) is 1.59. The number of aliphatic hydroxyl groups is 1. The summed E-state index contributed by atoms with van der Waals surface area (Å²) in [6.07, 6.45) is 10.0. The lowest BCUT2D eigenvalue weighted by Crippen LogP contribution is -2.37. The Morgan fingerprint density at radius 1 is 1.10 bits per heavy atom. The number of nitrogens with one attached hydrogen (secondary N) is 1. The van der Waals surface area contributed by atoms with E-state index in [4.69, 9.17) is 31.1 Å². The number of aromatic nitrogens is 6. The van der Waals surface area contributed by atoms with Gasteiger partial charge in [-0.25, -0.2) is 19.7 Å². The molecule has 2 saturated carbocycles. The molecule has 1 unspecified atom stereocenters. The second-order valence-electron chi connectivity index (χ2n) is 11.7. The third-order valence-corrected chi connectivity index (χ3v) is 9.02. The number of benzene rings is 1. The fraction of sp³-hybridized carbons (Fsp3) is 0.552. The number of aromatic amines is 1. The largest absolute Gasteiger partial charge is 0.439 e. The minimum Gasteiger partial charge on any atom is -0.382 e. The van der Waals surface area contributed by atoms with Crippen LogP contribution in [0.1, 0.15) is 77.5 Å². The lowest BCUT2D eigenvalue weighted by Gasteiger charge is -2.36. The molecule has 2 fully saturated rings. The molecule has 9 nitrogen and oxygen atoms in total. The van der Waals surface area contributed by atoms with Gasteiger partial charge in [-0.2, -0.15) is 0 Å². The summed E-state index contributed by atoms with van der Waals surface area (Å²) >= 11 is 6.41. The van der Waals surface area contributed by atoms with Crippen LogP contribution < -0.4 is 5.76 Å². The van der Waals surface area contributed by atoms with Crippen molar-refractivity contribution in [3.05, 3.63) is 45.7 Å². The van der Waals surface area contributed by atoms with Gasteiger partial charge in [0.25, 0.3) is 0 Å². The van der Waals surface area contributed by atoms with Crippen LogP contribution in [0.3, 0.4) is 0 Å². The molecular weight excluding hydrogens is 516 g/mol. The molecule has 206 valence electrons. The zero-order valence-electron chi connectivity index (χ0n) is 22.5. The maximum Gasteiger partial charge on any atom is 0.439 e. The van der Waals surface area contributed by atoms with Crippen molar-refractivity contribution < 1.29 is 9.63 Å². The highest BCUT2D eigenvalue weighted by Gasteiger charge is 2.40. The number of rotatable bonds is 6. The highest BCUT2D eigenvalue weighted by molar-refractivity contribution is 6.30. The van der Waals surface area contributed by atoms with Crippen molar-refractivity contribution in [3.63, 3.8) is 0 Å². The summed E-state index contributed by atoms with van der Waals surface area (Å²) in [4.78, 5) is 28.9. The van der Waals surface area contributed by atoms with E-state index in [0.717, 1.165) is 62.1 Å². The molecule has 0 radical (unpaired) electrons. The van der Waals surface area contributed by atoms with Crippen molar-refractivity contribution in [2.24, 2.45) is 17.8 Å². The molecule has 3 heterocycles. The molecule has 3 aromatic heterocycles. The molecule has 0 aliphatic heterocycles. The molecule has 2 N–H and O–H groups in total. The molecule has 0 spiro atoms. The SMILES string of the molecule is CC(O)(c1nc2nc(-c3noc(=O)[nH]3)nc(-c3cccc(Cl)c3)c2n1C[C@H]1CC[C@H](C)CC1)C1CCCCC1. The Hall–Kier alpha value is -3.04. The second-order valence-corrected chi connectivity index (χ2v) is 12.1. The van der Waals surface area contributed by atoms with Gasteiger partial charge in [0.05, 0.1) is 0 Å². The van der Waals surface area contributed by atoms with Crippen LogP contribution in [0.15, 0.2) is 33.6 Å². The fourth-order valence-electron chi connectivity index (χ4n) is 6.49. The molecule has 39 heavy (non-hydrogen) atoms. The number of hydrogen-bond donors (Lipinski definition) is 2. The van der Waals surface area contributed by atoms with Crippen LogP contribution in [-0.4, -0.2) is 34.8 Å². The van der Waals surface area contributed by atoms with Gasteiger partial charge in [-0.3, -0.25) is 9.51 Å². The third-order valence-electron chi connectivity index (χ3n) is 8.78. The van der Waals surface area contributed by atoms with Crippen LogP contribution >= 0.6 is 11.6 Å². The number of nitrogens with zero attached hydrogens (tertiary/aromatic N) is 5. The summed E-state index contributed by atoms with van der Waals surface area (Å²) < 4.78 is 6.92. The molecule has 1 atom stereocenters. The maximum absolute atomic E-state index is 12.1. The van der Waals surface area contributed by atoms with Crippen LogP contribution in [0.25, 0.3) is 34.1 Å². The standard InChI is InChI=1S/C29H35ClN6O3/c1-17-11-13-18(14-12-17)16-36-23-22(19-7-6-10-21(30)15-19)31-25(26-34-28(37)39-35-26)32-24(23)33-27(36)29(2,38)20-8-4-3-5-9-20/h6-7,10,15,17-18,20,38H,3-5,8-9,11-14,16H2,1-2H3,(H,34,35,37)/t17-,18-,29?. The summed E-state index contributed by atoms with van der Waals surface area (Å²) in [6.45, 7) is 4.97. The van der Waals surface area contributed by atoms with Crippen LogP contribution in [0, 0.1) is 17.8 Å². The Kier molecular flexibility index (Phi) is 7.05. The highest BCUT2D eigenvalue weighted by Crippen LogP contribution is 2.42. The number of halogens is 1. The van der Waals surface area contributed by atoms with Gasteiger partial charge in [-0.1, -0.05) is 67.9 Å². The third kappa shape index (κ3) is 5.14. The first-order valence-corrected chi connectivity index (χ1v) is 14.5. The first kappa shape index (κ1) is 26.2. The normalized spacial score (nSPS) is 22.3. The van der Waals surface area contributed by atoms with Crippen molar-refractivity contribution in [1.29, 1.82) is 0 Å². The second kappa shape index (κ2) is 10.5. The highest BCUT2D eigenvalue weighted by atomic mass is 35.5. The Balaban J connectivity index is 1.58. The Morgan fingerprint density at radius 3 is 2.56 bits per heavy atom. The van der Waals surface area contributed by atoms with E-state index < -0.39 is 11.4 Å². The summed E-state index contributed by atoms with van der Waals surface area (Å²) in [6, 6.07) is 7.50. The van der Waals surface area contributed by atoms with Gasteiger partial charge < -0.3 is 9.67 Å². The van der Waals surface area contributed by atoms with E-state index >= 15 is 0 Å². The summed E-state index contributed by atoms with van der Waals surface area (Å²) in [5.41, 5.74) is 1.51. The van der Waals surface area contributed by atoms with Gasteiger partial charge in [-0.05, 0) is 62.5 Å². The van der Waals surface area contributed by atoms with Gasteiger partial charge in [0, 0.05) is 17.1 Å². The zero-order chi connectivity index (χ0) is 27.1. The molecule has 1 aromatic carbocycles. The fourth-order valence-corrected chi connectivity index (χ4v) is 6.68. The monoisotopic (exact) mass is 550 g/mol. The van der Waals surface area contributed by atoms with E-state index in [1.807, 2.05) is 31.2 Å². The Labute approximate surface area is 232 Å². The molecule has 0 amide bonds. The molecule has 2 aliphatic rings. The summed E-state index contributed by atoms with van der Waals surface area (Å²) in [7, 11) is 0. The lowest BCUT2D eigenvalue weighted by molar-refractivity contribution is -0.0322. The van der Waals surface area contributed by atoms with Crippen molar-refractivity contribution in [2.45, 2.75) is 83.8 Å². The van der Waals surface area contributed by atoms with Gasteiger partial charge in [0.1, 0.15) is 22.6 Å². The van der Waals surface area contributed by atoms with E-state index in [1.54, 1.807) is 0 Å². The minimum atomic E-state index is -1.13. The molecule has 2 aliphatic carbocycles. The maximum atomic E-state index is 12.1. The molecular formula is C29H35ClN6O3. The first-order chi connectivity index (χ1) is 18.8. The summed E-state index contributed by atoms with van der Waals surface area (Å²) in [5, 5.41) is 16.5. The van der Waals surface area contributed by atoms with E-state index in [0.29, 0.717) is 28.1 Å². The quantitative estimate of drug-likeness (QED) is 0.297. The van der Waals surface area contributed by atoms with Crippen LogP contribution in [0.2, 0.25) is 5.02 Å². The van der Waals surface area contributed by atoms with Gasteiger partial charge in [-0.15, -0.1) is 0 Å². The lowest BCUT2D eigenvalue weighted by atomic mass is 9.77. The van der Waals surface area contributed by atoms with Crippen LogP contribution in [0.4, 0.5) is 0 Å². The van der Waals surface area contributed by atoms with Gasteiger partial charge in [0.15, 0.2) is 5.65 Å². The van der Waals surface area contributed by atoms with Gasteiger partial charge >= 0.3 is 5.76 Å². The number of imidazole rings is 1. The molecule has 4 aromatic rings. The van der Waals surface area contributed by atoms with Crippen molar-refractivity contribution in [3.8, 4) is 22.9 Å². The number of fused-ring (bicyclic) bond motifs is 1. The van der Waals surface area contributed by atoms with Crippen LogP contribution in [-0.2, 0) is 12.1 Å². The Bertz CT molecular complexity index is 1530. The van der Waals surface area contributed by atoms with Crippen molar-refractivity contribution in [2.75, 3.05) is 0 Å². The average Bonchev–Trinajstić information content (AvgIpc) is 3.54. The average molecular weight is 551 g/mol. The topological polar surface area (TPSA) is 123 Å². The minimum absolute atomic E-state index is 0.113. The predicted molar refractivity (Wildman–Crippen MR) is 149 cm³/mol. The zero-order valence-corrected chi connectivity index (χ0v) is 23.2. The van der Waals surface area contributed by atoms with E-state index in [-0.39, 0.29) is 17.6 Å².